The molecule has 0 atom stereocenters. The molecular weight excluding hydrogens is 303 g/mol. The normalized spacial score (nSPS) is 12.8. The van der Waals surface area contributed by atoms with Gasteiger partial charge in [0.1, 0.15) is 0 Å². The second-order valence-electron chi connectivity index (χ2n) is 1.58. The molecule has 10 heavy (non-hydrogen) atoms. The van der Waals surface area contributed by atoms with E-state index in [0.29, 0.717) is 5.92 Å². The van der Waals surface area contributed by atoms with Gasteiger partial charge in [-0.1, -0.05) is 30.4 Å². The zero-order chi connectivity index (χ0) is 5.11. The Labute approximate surface area is 79.0 Å². The molecule has 0 amide bonds. The van der Waals surface area contributed by atoms with E-state index in [1.165, 1.54) is 0 Å². The van der Waals surface area contributed by atoms with Crippen molar-refractivity contribution < 1.29 is 21.1 Å². The molecular formula is C9H14Pt. The van der Waals surface area contributed by atoms with Crippen molar-refractivity contribution in [2.24, 2.45) is 5.92 Å². The average Bonchev–Trinajstić information content (AvgIpc) is 2.14. The van der Waals surface area contributed by atoms with E-state index in [9.17, 15) is 0 Å². The topological polar surface area (TPSA) is 0 Å². The maximum Gasteiger partial charge on any atom is 2.00 e. The van der Waals surface area contributed by atoms with E-state index in [1.54, 1.807) is 0 Å². The summed E-state index contributed by atoms with van der Waals surface area (Å²) >= 11 is 0. The van der Waals surface area contributed by atoms with Crippen LogP contribution >= 0.6 is 0 Å². The summed E-state index contributed by atoms with van der Waals surface area (Å²) in [5.74, 6) is 0.500. The van der Waals surface area contributed by atoms with Crippen molar-refractivity contribution >= 4 is 0 Å². The first-order chi connectivity index (χ1) is 3.43. The van der Waals surface area contributed by atoms with Gasteiger partial charge >= 0.3 is 21.1 Å². The molecule has 60 valence electrons. The van der Waals surface area contributed by atoms with Crippen LogP contribution in [-0.2, 0) is 21.1 Å². The SMILES string of the molecule is C=CC1C=CC=C1.[CH3-].[CH3-].[Pt+2]. The summed E-state index contributed by atoms with van der Waals surface area (Å²) in [6.07, 6.45) is 10.2. The minimum Gasteiger partial charge on any atom is -0.358 e. The molecule has 1 aliphatic carbocycles. The van der Waals surface area contributed by atoms with E-state index in [-0.39, 0.29) is 35.9 Å². The van der Waals surface area contributed by atoms with Crippen molar-refractivity contribution in [3.63, 3.8) is 0 Å². The Kier molecular flexibility index (Phi) is 14.7. The third-order valence-corrected chi connectivity index (χ3v) is 1.05. The molecule has 0 aromatic carbocycles. The summed E-state index contributed by atoms with van der Waals surface area (Å²) in [7, 11) is 0. The van der Waals surface area contributed by atoms with Crippen molar-refractivity contribution in [1.29, 1.82) is 0 Å². The first-order valence-electron chi connectivity index (χ1n) is 2.41. The fourth-order valence-corrected chi connectivity index (χ4v) is 0.606. The minimum absolute atomic E-state index is 0. The molecule has 0 spiro atoms. The van der Waals surface area contributed by atoms with E-state index >= 15 is 0 Å². The third kappa shape index (κ3) is 4.76. The summed E-state index contributed by atoms with van der Waals surface area (Å²) in [6, 6.07) is 0. The summed E-state index contributed by atoms with van der Waals surface area (Å²) in [6.45, 7) is 3.64. The van der Waals surface area contributed by atoms with Gasteiger partial charge < -0.3 is 14.9 Å². The molecule has 1 rings (SSSR count). The fraction of sp³-hybridized carbons (Fsp3) is 0.111. The Hall–Kier alpha value is -0.0917. The van der Waals surface area contributed by atoms with Gasteiger partial charge in [0.2, 0.25) is 0 Å². The van der Waals surface area contributed by atoms with Crippen LogP contribution in [0, 0.1) is 20.8 Å². The van der Waals surface area contributed by atoms with Crippen molar-refractivity contribution in [3.8, 4) is 0 Å². The number of allylic oxidation sites excluding steroid dienone is 5. The van der Waals surface area contributed by atoms with E-state index in [0.717, 1.165) is 0 Å². The minimum atomic E-state index is 0. The van der Waals surface area contributed by atoms with Crippen LogP contribution in [0.5, 0.6) is 0 Å². The third-order valence-electron chi connectivity index (χ3n) is 1.05. The second-order valence-corrected chi connectivity index (χ2v) is 1.58. The van der Waals surface area contributed by atoms with Crippen LogP contribution < -0.4 is 0 Å². The van der Waals surface area contributed by atoms with Gasteiger partial charge in [0.05, 0.1) is 0 Å². The molecule has 0 nitrogen and oxygen atoms in total. The van der Waals surface area contributed by atoms with E-state index in [1.807, 2.05) is 18.2 Å². The van der Waals surface area contributed by atoms with E-state index < -0.39 is 0 Å². The summed E-state index contributed by atoms with van der Waals surface area (Å²) in [5, 5.41) is 0. The van der Waals surface area contributed by atoms with Gasteiger partial charge in [-0.05, 0) is 0 Å². The van der Waals surface area contributed by atoms with Gasteiger partial charge in [0.15, 0.2) is 0 Å². The largest absolute Gasteiger partial charge is 2.00 e. The Morgan fingerprint density at radius 3 is 1.70 bits per heavy atom. The van der Waals surface area contributed by atoms with E-state index in [4.69, 9.17) is 0 Å². The van der Waals surface area contributed by atoms with Gasteiger partial charge in [-0.2, -0.15) is 0 Å². The van der Waals surface area contributed by atoms with Gasteiger partial charge in [-0.3, -0.25) is 0 Å². The van der Waals surface area contributed by atoms with Gasteiger partial charge in [0, 0.05) is 5.92 Å². The smallest absolute Gasteiger partial charge is 0.358 e. The summed E-state index contributed by atoms with van der Waals surface area (Å²) in [4.78, 5) is 0. The zero-order valence-corrected chi connectivity index (χ0v) is 8.76. The Bertz CT molecular complexity index is 111. The number of hydrogen-bond donors (Lipinski definition) is 0. The molecule has 0 aromatic rings. The van der Waals surface area contributed by atoms with Gasteiger partial charge in [-0.25, -0.2) is 0 Å². The van der Waals surface area contributed by atoms with Gasteiger partial charge in [0.25, 0.3) is 0 Å². The summed E-state index contributed by atoms with van der Waals surface area (Å²) < 4.78 is 0. The standard InChI is InChI=1S/C7H8.2CH3.Pt/c1-2-7-5-3-4-6-7;;;/h2-7H,1H2;2*1H3;/q;2*-1;+2. The number of rotatable bonds is 1. The molecule has 0 saturated carbocycles. The maximum absolute atomic E-state index is 3.64. The molecule has 0 bridgehead atoms. The maximum atomic E-state index is 3.64. The quantitative estimate of drug-likeness (QED) is 0.515. The average molecular weight is 317 g/mol. The van der Waals surface area contributed by atoms with Gasteiger partial charge in [-0.15, -0.1) is 6.58 Å². The molecule has 0 radical (unpaired) electrons. The van der Waals surface area contributed by atoms with Crippen LogP contribution in [0.3, 0.4) is 0 Å². The zero-order valence-electron chi connectivity index (χ0n) is 6.49. The molecule has 0 aliphatic heterocycles. The first kappa shape index (κ1) is 16.5. The molecule has 0 unspecified atom stereocenters. The molecule has 0 N–H and O–H groups in total. The Morgan fingerprint density at radius 1 is 1.10 bits per heavy atom. The van der Waals surface area contributed by atoms with Crippen LogP contribution in [0.4, 0.5) is 0 Å². The molecule has 0 fully saturated rings. The molecule has 1 aliphatic rings. The first-order valence-corrected chi connectivity index (χ1v) is 2.41. The van der Waals surface area contributed by atoms with Crippen LogP contribution in [0.2, 0.25) is 0 Å². The van der Waals surface area contributed by atoms with Crippen LogP contribution in [0.15, 0.2) is 37.0 Å². The predicted molar refractivity (Wildman–Crippen MR) is 44.8 cm³/mol. The Balaban J connectivity index is -0.000000163. The molecule has 0 heterocycles. The Morgan fingerprint density at radius 2 is 1.50 bits per heavy atom. The van der Waals surface area contributed by atoms with Crippen molar-refractivity contribution in [2.75, 3.05) is 0 Å². The van der Waals surface area contributed by atoms with Crippen LogP contribution in [0.25, 0.3) is 0 Å². The van der Waals surface area contributed by atoms with Crippen molar-refractivity contribution in [1.82, 2.24) is 0 Å². The molecule has 0 saturated heterocycles. The van der Waals surface area contributed by atoms with Crippen molar-refractivity contribution in [2.45, 2.75) is 0 Å². The van der Waals surface area contributed by atoms with E-state index in [2.05, 4.69) is 18.7 Å². The molecule has 0 aromatic heterocycles. The van der Waals surface area contributed by atoms with Crippen LogP contribution in [-0.4, -0.2) is 0 Å². The van der Waals surface area contributed by atoms with Crippen LogP contribution in [0.1, 0.15) is 0 Å². The number of hydrogen-bond acceptors (Lipinski definition) is 0. The fourth-order valence-electron chi connectivity index (χ4n) is 0.606. The molecule has 1 heteroatoms. The second kappa shape index (κ2) is 8.91. The monoisotopic (exact) mass is 317 g/mol. The summed E-state index contributed by atoms with van der Waals surface area (Å²) in [5.41, 5.74) is 0. The van der Waals surface area contributed by atoms with Crippen molar-refractivity contribution in [3.05, 3.63) is 51.8 Å². The predicted octanol–water partition coefficient (Wildman–Crippen LogP) is 2.81.